The zero-order chi connectivity index (χ0) is 14.5. The highest BCUT2D eigenvalue weighted by atomic mass is 35.5. The number of para-hydroxylation sites is 1. The zero-order valence-corrected chi connectivity index (χ0v) is 11.8. The van der Waals surface area contributed by atoms with Crippen LogP contribution in [0, 0.1) is 0 Å². The van der Waals surface area contributed by atoms with Crippen LogP contribution in [0.4, 0.5) is 11.4 Å². The molecular weight excluding hydrogens is 286 g/mol. The number of rotatable bonds is 4. The Kier molecular flexibility index (Phi) is 3.98. The van der Waals surface area contributed by atoms with Crippen molar-refractivity contribution in [3.05, 3.63) is 71.9 Å². The Labute approximate surface area is 127 Å². The van der Waals surface area contributed by atoms with Crippen LogP contribution in [0.5, 0.6) is 11.6 Å². The molecule has 0 radical (unpaired) electrons. The normalized spacial score (nSPS) is 10.1. The van der Waals surface area contributed by atoms with Gasteiger partial charge in [-0.25, -0.2) is 0 Å². The van der Waals surface area contributed by atoms with Crippen LogP contribution in [0.25, 0.3) is 0 Å². The Morgan fingerprint density at radius 3 is 2.14 bits per heavy atom. The Bertz CT molecular complexity index is 700. The predicted molar refractivity (Wildman–Crippen MR) is 83.3 cm³/mol. The van der Waals surface area contributed by atoms with Crippen molar-refractivity contribution >= 4 is 23.0 Å². The summed E-state index contributed by atoms with van der Waals surface area (Å²) in [5, 5.41) is 11.2. The standard InChI is InChI=1S/C16H12ClN3O/c17-15-10-11-16(20-19-15)21-14-8-6-13(7-9-14)18-12-4-2-1-3-5-12/h1-11,18H. The maximum atomic E-state index is 5.68. The third kappa shape index (κ3) is 3.70. The largest absolute Gasteiger partial charge is 0.438 e. The fourth-order valence-electron chi connectivity index (χ4n) is 1.77. The number of ether oxygens (including phenoxy) is 1. The SMILES string of the molecule is Clc1ccc(Oc2ccc(Nc3ccccc3)cc2)nn1. The van der Waals surface area contributed by atoms with Gasteiger partial charge in [0, 0.05) is 17.4 Å². The van der Waals surface area contributed by atoms with E-state index in [0.717, 1.165) is 11.4 Å². The van der Waals surface area contributed by atoms with Crippen LogP contribution in [0.2, 0.25) is 5.15 Å². The van der Waals surface area contributed by atoms with Gasteiger partial charge in [-0.15, -0.1) is 10.2 Å². The van der Waals surface area contributed by atoms with E-state index in [4.69, 9.17) is 16.3 Å². The topological polar surface area (TPSA) is 47.0 Å². The highest BCUT2D eigenvalue weighted by molar-refractivity contribution is 6.29. The molecule has 3 rings (SSSR count). The molecule has 4 nitrogen and oxygen atoms in total. The van der Waals surface area contributed by atoms with Gasteiger partial charge >= 0.3 is 0 Å². The fourth-order valence-corrected chi connectivity index (χ4v) is 1.87. The van der Waals surface area contributed by atoms with Crippen LogP contribution in [-0.4, -0.2) is 10.2 Å². The second kappa shape index (κ2) is 6.24. The molecule has 1 N–H and O–H groups in total. The van der Waals surface area contributed by atoms with Crippen molar-refractivity contribution in [3.8, 4) is 11.6 Å². The molecule has 0 unspecified atom stereocenters. The lowest BCUT2D eigenvalue weighted by Gasteiger charge is -2.08. The summed E-state index contributed by atoms with van der Waals surface area (Å²) in [7, 11) is 0. The first kappa shape index (κ1) is 13.4. The van der Waals surface area contributed by atoms with Crippen molar-refractivity contribution in [3.63, 3.8) is 0 Å². The summed E-state index contributed by atoms with van der Waals surface area (Å²) in [5.41, 5.74) is 2.02. The molecule has 0 amide bonds. The van der Waals surface area contributed by atoms with Crippen LogP contribution < -0.4 is 10.1 Å². The quantitative estimate of drug-likeness (QED) is 0.760. The second-order valence-corrected chi connectivity index (χ2v) is 4.70. The zero-order valence-electron chi connectivity index (χ0n) is 11.0. The molecular formula is C16H12ClN3O. The lowest BCUT2D eigenvalue weighted by atomic mass is 10.2. The molecule has 0 saturated heterocycles. The van der Waals surface area contributed by atoms with Gasteiger partial charge in [0.25, 0.3) is 0 Å². The summed E-state index contributed by atoms with van der Waals surface area (Å²) in [6.45, 7) is 0. The first-order valence-electron chi connectivity index (χ1n) is 6.39. The first-order valence-corrected chi connectivity index (χ1v) is 6.77. The Hall–Kier alpha value is -2.59. The molecule has 3 aromatic rings. The number of anilines is 2. The van der Waals surface area contributed by atoms with Gasteiger partial charge in [0.1, 0.15) is 5.75 Å². The van der Waals surface area contributed by atoms with Crippen molar-refractivity contribution in [2.24, 2.45) is 0 Å². The second-order valence-electron chi connectivity index (χ2n) is 4.31. The smallest absolute Gasteiger partial charge is 0.238 e. The third-order valence-corrected chi connectivity index (χ3v) is 2.95. The summed E-state index contributed by atoms with van der Waals surface area (Å²) >= 11 is 5.68. The summed E-state index contributed by atoms with van der Waals surface area (Å²) in [4.78, 5) is 0. The lowest BCUT2D eigenvalue weighted by Crippen LogP contribution is -1.92. The van der Waals surface area contributed by atoms with Gasteiger partial charge in [0.05, 0.1) is 0 Å². The van der Waals surface area contributed by atoms with E-state index in [1.54, 1.807) is 12.1 Å². The van der Waals surface area contributed by atoms with E-state index >= 15 is 0 Å². The summed E-state index contributed by atoms with van der Waals surface area (Å²) in [6.07, 6.45) is 0. The van der Waals surface area contributed by atoms with Crippen molar-refractivity contribution in [2.45, 2.75) is 0 Å². The Morgan fingerprint density at radius 1 is 0.762 bits per heavy atom. The van der Waals surface area contributed by atoms with E-state index in [2.05, 4.69) is 15.5 Å². The number of aromatic nitrogens is 2. The lowest BCUT2D eigenvalue weighted by molar-refractivity contribution is 0.455. The molecule has 0 aliphatic carbocycles. The van der Waals surface area contributed by atoms with Crippen LogP contribution >= 0.6 is 11.6 Å². The van der Waals surface area contributed by atoms with E-state index in [1.165, 1.54) is 0 Å². The van der Waals surface area contributed by atoms with Gasteiger partial charge in [-0.2, -0.15) is 0 Å². The minimum absolute atomic E-state index is 0.338. The predicted octanol–water partition coefficient (Wildman–Crippen LogP) is 4.67. The molecule has 0 aliphatic rings. The van der Waals surface area contributed by atoms with Gasteiger partial charge in [-0.1, -0.05) is 29.8 Å². The summed E-state index contributed by atoms with van der Waals surface area (Å²) in [6, 6.07) is 20.9. The third-order valence-electron chi connectivity index (χ3n) is 2.75. The van der Waals surface area contributed by atoms with Crippen molar-refractivity contribution in [1.82, 2.24) is 10.2 Å². The monoisotopic (exact) mass is 297 g/mol. The molecule has 1 aromatic heterocycles. The number of nitrogens with one attached hydrogen (secondary N) is 1. The molecule has 0 aliphatic heterocycles. The molecule has 0 bridgehead atoms. The van der Waals surface area contributed by atoms with E-state index in [0.29, 0.717) is 16.8 Å². The van der Waals surface area contributed by atoms with Gasteiger partial charge in [0.2, 0.25) is 5.88 Å². The fraction of sp³-hybridized carbons (Fsp3) is 0. The van der Waals surface area contributed by atoms with Crippen LogP contribution in [0.3, 0.4) is 0 Å². The van der Waals surface area contributed by atoms with E-state index < -0.39 is 0 Å². The highest BCUT2D eigenvalue weighted by Gasteiger charge is 2.00. The van der Waals surface area contributed by atoms with Crippen molar-refractivity contribution in [2.75, 3.05) is 5.32 Å². The molecule has 0 fully saturated rings. The Balaban J connectivity index is 1.68. The summed E-state index contributed by atoms with van der Waals surface area (Å²) in [5.74, 6) is 1.09. The van der Waals surface area contributed by atoms with E-state index in [-0.39, 0.29) is 0 Å². The van der Waals surface area contributed by atoms with E-state index in [9.17, 15) is 0 Å². The molecule has 0 atom stereocenters. The first-order chi connectivity index (χ1) is 10.3. The average Bonchev–Trinajstić information content (AvgIpc) is 2.53. The molecule has 5 heteroatoms. The van der Waals surface area contributed by atoms with E-state index in [1.807, 2.05) is 54.6 Å². The maximum absolute atomic E-state index is 5.68. The molecule has 2 aromatic carbocycles. The van der Waals surface area contributed by atoms with Gasteiger partial charge in [-0.3, -0.25) is 0 Å². The molecule has 21 heavy (non-hydrogen) atoms. The average molecular weight is 298 g/mol. The van der Waals surface area contributed by atoms with Gasteiger partial charge in [-0.05, 0) is 42.5 Å². The molecule has 0 saturated carbocycles. The maximum Gasteiger partial charge on any atom is 0.238 e. The number of hydrogen-bond donors (Lipinski definition) is 1. The Morgan fingerprint density at radius 2 is 1.48 bits per heavy atom. The number of halogens is 1. The van der Waals surface area contributed by atoms with Crippen molar-refractivity contribution < 1.29 is 4.74 Å². The minimum atomic E-state index is 0.338. The van der Waals surface area contributed by atoms with Gasteiger partial charge < -0.3 is 10.1 Å². The summed E-state index contributed by atoms with van der Waals surface area (Å²) < 4.78 is 5.58. The van der Waals surface area contributed by atoms with Gasteiger partial charge in [0.15, 0.2) is 5.15 Å². The molecule has 0 spiro atoms. The minimum Gasteiger partial charge on any atom is -0.438 e. The number of hydrogen-bond acceptors (Lipinski definition) is 4. The van der Waals surface area contributed by atoms with Crippen LogP contribution in [0.1, 0.15) is 0 Å². The number of nitrogens with zero attached hydrogens (tertiary/aromatic N) is 2. The highest BCUT2D eigenvalue weighted by Crippen LogP contribution is 2.23. The molecule has 104 valence electrons. The van der Waals surface area contributed by atoms with Crippen LogP contribution in [0.15, 0.2) is 66.7 Å². The molecule has 1 heterocycles. The van der Waals surface area contributed by atoms with Crippen molar-refractivity contribution in [1.29, 1.82) is 0 Å². The number of benzene rings is 2. The van der Waals surface area contributed by atoms with Crippen LogP contribution in [-0.2, 0) is 0 Å².